The number of nitrogens with one attached hydrogen (secondary N) is 2. The van der Waals surface area contributed by atoms with Gasteiger partial charge in [-0.3, -0.25) is 9.59 Å². The molecular formula is C21H26N2O6S. The molecule has 0 aliphatic heterocycles. The van der Waals surface area contributed by atoms with Crippen molar-refractivity contribution >= 4 is 27.6 Å². The van der Waals surface area contributed by atoms with E-state index < -0.39 is 28.0 Å². The first kappa shape index (κ1) is 23.4. The minimum atomic E-state index is -3.50. The number of esters is 1. The molecule has 162 valence electrons. The predicted molar refractivity (Wildman–Crippen MR) is 113 cm³/mol. The van der Waals surface area contributed by atoms with Crippen LogP contribution in [0.3, 0.4) is 0 Å². The SMILES string of the molecule is CCOc1ccc(NC(=O)C(C)OC(=O)CCc2ccc(S(=O)(=O)NC)cc2)cc1. The summed E-state index contributed by atoms with van der Waals surface area (Å²) >= 11 is 0. The van der Waals surface area contributed by atoms with Crippen molar-refractivity contribution in [3.63, 3.8) is 0 Å². The second-order valence-electron chi connectivity index (χ2n) is 6.43. The molecule has 0 heterocycles. The van der Waals surface area contributed by atoms with E-state index in [0.717, 1.165) is 5.56 Å². The molecule has 0 fully saturated rings. The Morgan fingerprint density at radius 2 is 1.67 bits per heavy atom. The molecule has 0 spiro atoms. The number of amides is 1. The lowest BCUT2D eigenvalue weighted by molar-refractivity contribution is -0.153. The first-order chi connectivity index (χ1) is 14.2. The van der Waals surface area contributed by atoms with Crippen molar-refractivity contribution in [2.75, 3.05) is 19.0 Å². The summed E-state index contributed by atoms with van der Waals surface area (Å²) in [6, 6.07) is 13.1. The second kappa shape index (κ2) is 10.7. The Labute approximate surface area is 176 Å². The maximum Gasteiger partial charge on any atom is 0.306 e. The van der Waals surface area contributed by atoms with Crippen LogP contribution in [-0.2, 0) is 30.8 Å². The number of sulfonamides is 1. The minimum absolute atomic E-state index is 0.0683. The van der Waals surface area contributed by atoms with E-state index in [2.05, 4.69) is 10.0 Å². The van der Waals surface area contributed by atoms with Crippen LogP contribution in [0.15, 0.2) is 53.4 Å². The van der Waals surface area contributed by atoms with Crippen molar-refractivity contribution in [1.29, 1.82) is 0 Å². The van der Waals surface area contributed by atoms with Crippen LogP contribution in [0.5, 0.6) is 5.75 Å². The molecular weight excluding hydrogens is 408 g/mol. The summed E-state index contributed by atoms with van der Waals surface area (Å²) in [5.41, 5.74) is 1.36. The van der Waals surface area contributed by atoms with Gasteiger partial charge in [-0.25, -0.2) is 13.1 Å². The molecule has 30 heavy (non-hydrogen) atoms. The molecule has 1 atom stereocenters. The van der Waals surface area contributed by atoms with Crippen molar-refractivity contribution < 1.29 is 27.5 Å². The van der Waals surface area contributed by atoms with Crippen LogP contribution in [0.25, 0.3) is 0 Å². The van der Waals surface area contributed by atoms with Gasteiger partial charge in [0.05, 0.1) is 11.5 Å². The van der Waals surface area contributed by atoms with Crippen molar-refractivity contribution in [2.24, 2.45) is 0 Å². The van der Waals surface area contributed by atoms with Gasteiger partial charge in [0.25, 0.3) is 5.91 Å². The highest BCUT2D eigenvalue weighted by atomic mass is 32.2. The van der Waals surface area contributed by atoms with Gasteiger partial charge >= 0.3 is 5.97 Å². The van der Waals surface area contributed by atoms with E-state index in [4.69, 9.17) is 9.47 Å². The minimum Gasteiger partial charge on any atom is -0.494 e. The van der Waals surface area contributed by atoms with Crippen molar-refractivity contribution in [3.05, 3.63) is 54.1 Å². The molecule has 0 saturated heterocycles. The molecule has 1 unspecified atom stereocenters. The number of hydrogen-bond acceptors (Lipinski definition) is 6. The maximum atomic E-state index is 12.2. The molecule has 2 aromatic carbocycles. The van der Waals surface area contributed by atoms with E-state index in [1.165, 1.54) is 26.1 Å². The number of carbonyl (C=O) groups is 2. The highest BCUT2D eigenvalue weighted by Gasteiger charge is 2.18. The first-order valence-electron chi connectivity index (χ1n) is 9.51. The van der Waals surface area contributed by atoms with Crippen molar-refractivity contribution in [1.82, 2.24) is 4.72 Å². The average molecular weight is 435 g/mol. The van der Waals surface area contributed by atoms with Gasteiger partial charge < -0.3 is 14.8 Å². The average Bonchev–Trinajstić information content (AvgIpc) is 2.74. The van der Waals surface area contributed by atoms with Gasteiger partial charge in [-0.2, -0.15) is 0 Å². The second-order valence-corrected chi connectivity index (χ2v) is 8.32. The van der Waals surface area contributed by atoms with E-state index in [0.29, 0.717) is 24.5 Å². The Bertz CT molecular complexity index is 956. The van der Waals surface area contributed by atoms with Gasteiger partial charge in [0, 0.05) is 12.1 Å². The van der Waals surface area contributed by atoms with Crippen molar-refractivity contribution in [3.8, 4) is 5.75 Å². The molecule has 0 aromatic heterocycles. The Hall–Kier alpha value is -2.91. The van der Waals surface area contributed by atoms with E-state index in [1.54, 1.807) is 36.4 Å². The van der Waals surface area contributed by atoms with E-state index in [-0.39, 0.29) is 11.3 Å². The van der Waals surface area contributed by atoms with E-state index >= 15 is 0 Å². The Morgan fingerprint density at radius 3 is 2.23 bits per heavy atom. The summed E-state index contributed by atoms with van der Waals surface area (Å²) in [4.78, 5) is 24.4. The summed E-state index contributed by atoms with van der Waals surface area (Å²) < 4.78 is 36.2. The zero-order valence-electron chi connectivity index (χ0n) is 17.2. The molecule has 2 N–H and O–H groups in total. The summed E-state index contributed by atoms with van der Waals surface area (Å²) in [7, 11) is -2.16. The van der Waals surface area contributed by atoms with Gasteiger partial charge in [0.15, 0.2) is 6.10 Å². The molecule has 1 amide bonds. The van der Waals surface area contributed by atoms with Gasteiger partial charge in [0.1, 0.15) is 5.75 Å². The summed E-state index contributed by atoms with van der Waals surface area (Å²) in [5, 5.41) is 2.68. The highest BCUT2D eigenvalue weighted by Crippen LogP contribution is 2.16. The molecule has 0 saturated carbocycles. The number of aryl methyl sites for hydroxylation is 1. The summed E-state index contributed by atoms with van der Waals surface area (Å²) in [5.74, 6) is -0.253. The van der Waals surface area contributed by atoms with E-state index in [9.17, 15) is 18.0 Å². The van der Waals surface area contributed by atoms with Crippen LogP contribution in [-0.4, -0.2) is 40.1 Å². The first-order valence-corrected chi connectivity index (χ1v) is 11.0. The van der Waals surface area contributed by atoms with Crippen LogP contribution in [0.1, 0.15) is 25.8 Å². The molecule has 8 nitrogen and oxygen atoms in total. The van der Waals surface area contributed by atoms with Crippen molar-refractivity contribution in [2.45, 2.75) is 37.7 Å². The maximum absolute atomic E-state index is 12.2. The lowest BCUT2D eigenvalue weighted by Crippen LogP contribution is -2.30. The lowest BCUT2D eigenvalue weighted by atomic mass is 10.1. The van der Waals surface area contributed by atoms with Gasteiger partial charge in [0.2, 0.25) is 10.0 Å². The number of rotatable bonds is 10. The normalized spacial score (nSPS) is 12.1. The third-order valence-electron chi connectivity index (χ3n) is 4.23. The third-order valence-corrected chi connectivity index (χ3v) is 5.66. The summed E-state index contributed by atoms with van der Waals surface area (Å²) in [6.45, 7) is 3.94. The fourth-order valence-electron chi connectivity index (χ4n) is 2.55. The van der Waals surface area contributed by atoms with Gasteiger partial charge in [-0.15, -0.1) is 0 Å². The number of hydrogen-bond donors (Lipinski definition) is 2. The molecule has 0 aliphatic carbocycles. The van der Waals surface area contributed by atoms with Crippen LogP contribution in [0.2, 0.25) is 0 Å². The molecule has 0 bridgehead atoms. The quantitative estimate of drug-likeness (QED) is 0.556. The zero-order valence-corrected chi connectivity index (χ0v) is 18.0. The van der Waals surface area contributed by atoms with Crippen LogP contribution in [0.4, 0.5) is 5.69 Å². The van der Waals surface area contributed by atoms with Gasteiger partial charge in [-0.1, -0.05) is 12.1 Å². The molecule has 0 radical (unpaired) electrons. The largest absolute Gasteiger partial charge is 0.494 e. The topological polar surface area (TPSA) is 111 Å². The van der Waals surface area contributed by atoms with Crippen LogP contribution < -0.4 is 14.8 Å². The number of anilines is 1. The van der Waals surface area contributed by atoms with E-state index in [1.807, 2.05) is 6.92 Å². The molecule has 2 aromatic rings. The highest BCUT2D eigenvalue weighted by molar-refractivity contribution is 7.89. The standard InChI is InChI=1S/C21H26N2O6S/c1-4-28-18-10-8-17(9-11-18)23-21(25)15(2)29-20(24)14-7-16-5-12-19(13-6-16)30(26,27)22-3/h5-6,8-13,15,22H,4,7,14H2,1-3H3,(H,23,25). The Balaban J connectivity index is 1.81. The van der Waals surface area contributed by atoms with Crippen LogP contribution in [0, 0.1) is 0 Å². The molecule has 2 rings (SSSR count). The molecule has 9 heteroatoms. The monoisotopic (exact) mass is 434 g/mol. The number of benzene rings is 2. The van der Waals surface area contributed by atoms with Gasteiger partial charge in [-0.05, 0) is 69.3 Å². The number of carbonyl (C=O) groups excluding carboxylic acids is 2. The van der Waals surface area contributed by atoms with Crippen LogP contribution >= 0.6 is 0 Å². The zero-order chi connectivity index (χ0) is 22.1. The number of ether oxygens (including phenoxy) is 2. The Morgan fingerprint density at radius 1 is 1.03 bits per heavy atom. The smallest absolute Gasteiger partial charge is 0.306 e. The third kappa shape index (κ3) is 6.85. The molecule has 0 aliphatic rings. The lowest BCUT2D eigenvalue weighted by Gasteiger charge is -2.14. The summed E-state index contributed by atoms with van der Waals surface area (Å²) in [6.07, 6.45) is -0.516. The fourth-order valence-corrected chi connectivity index (χ4v) is 3.28. The predicted octanol–water partition coefficient (Wildman–Crippen LogP) is 2.50. The fraction of sp³-hybridized carbons (Fsp3) is 0.333. The Kier molecular flexibility index (Phi) is 8.37.